The smallest absolute Gasteiger partial charge is 0.338 e. The third-order valence-electron chi connectivity index (χ3n) is 4.19. The molecule has 1 aliphatic heterocycles. The van der Waals surface area contributed by atoms with E-state index < -0.39 is 6.04 Å². The number of ether oxygens (including phenoxy) is 1. The van der Waals surface area contributed by atoms with Crippen molar-refractivity contribution in [3.8, 4) is 0 Å². The molecule has 6 heteroatoms. The number of carbonyl (C=O) groups excluding carboxylic acids is 2. The average molecular weight is 320 g/mol. The molecular formula is C16H20N2O3S. The standard InChI is InChI=1S/C16H20N2O3S/c1-10-13(15(19)21-12-5-3-2-4-6-12)14(18-16(20)17-10)11-7-8-22-9-11/h7-9,12,14H,2-6H2,1H3,(H2,17,18,20). The lowest BCUT2D eigenvalue weighted by atomic mass is 9.96. The summed E-state index contributed by atoms with van der Waals surface area (Å²) in [6.45, 7) is 1.75. The summed E-state index contributed by atoms with van der Waals surface area (Å²) in [5.74, 6) is -0.326. The highest BCUT2D eigenvalue weighted by Crippen LogP contribution is 2.30. The monoisotopic (exact) mass is 320 g/mol. The van der Waals surface area contributed by atoms with Crippen molar-refractivity contribution < 1.29 is 14.3 Å². The zero-order chi connectivity index (χ0) is 15.5. The van der Waals surface area contributed by atoms with E-state index >= 15 is 0 Å². The highest BCUT2D eigenvalue weighted by Gasteiger charge is 2.33. The summed E-state index contributed by atoms with van der Waals surface area (Å²) in [7, 11) is 0. The van der Waals surface area contributed by atoms with E-state index in [2.05, 4.69) is 10.6 Å². The first-order chi connectivity index (χ1) is 10.6. The van der Waals surface area contributed by atoms with Crippen LogP contribution in [0.5, 0.6) is 0 Å². The topological polar surface area (TPSA) is 67.4 Å². The van der Waals surface area contributed by atoms with Gasteiger partial charge in [-0.3, -0.25) is 0 Å². The second-order valence-corrected chi connectivity index (χ2v) is 6.57. The van der Waals surface area contributed by atoms with Crippen molar-refractivity contribution in [3.63, 3.8) is 0 Å². The number of nitrogens with one attached hydrogen (secondary N) is 2. The van der Waals surface area contributed by atoms with Crippen molar-refractivity contribution in [1.29, 1.82) is 0 Å². The molecule has 2 heterocycles. The van der Waals surface area contributed by atoms with E-state index in [9.17, 15) is 9.59 Å². The lowest BCUT2D eigenvalue weighted by molar-refractivity contribution is -0.146. The van der Waals surface area contributed by atoms with Gasteiger partial charge in [-0.1, -0.05) is 6.42 Å². The largest absolute Gasteiger partial charge is 0.459 e. The maximum atomic E-state index is 12.6. The summed E-state index contributed by atoms with van der Waals surface area (Å²) in [6, 6.07) is 1.20. The number of thiophene rings is 1. The summed E-state index contributed by atoms with van der Waals surface area (Å²) in [5, 5.41) is 9.36. The Labute approximate surface area is 133 Å². The Morgan fingerprint density at radius 3 is 2.77 bits per heavy atom. The maximum absolute atomic E-state index is 12.6. The van der Waals surface area contributed by atoms with Crippen LogP contribution >= 0.6 is 11.3 Å². The molecule has 0 aromatic carbocycles. The van der Waals surface area contributed by atoms with Crippen LogP contribution in [-0.4, -0.2) is 18.1 Å². The second kappa shape index (κ2) is 6.52. The first-order valence-electron chi connectivity index (χ1n) is 7.66. The van der Waals surface area contributed by atoms with Crippen LogP contribution in [0.15, 0.2) is 28.1 Å². The molecule has 1 aliphatic carbocycles. The average Bonchev–Trinajstić information content (AvgIpc) is 3.01. The first-order valence-corrected chi connectivity index (χ1v) is 8.61. The van der Waals surface area contributed by atoms with Crippen molar-refractivity contribution in [2.45, 2.75) is 51.2 Å². The van der Waals surface area contributed by atoms with E-state index in [4.69, 9.17) is 4.74 Å². The lowest BCUT2D eigenvalue weighted by Gasteiger charge is -2.29. The molecule has 1 aromatic heterocycles. The predicted molar refractivity (Wildman–Crippen MR) is 84.4 cm³/mol. The van der Waals surface area contributed by atoms with Gasteiger partial charge < -0.3 is 15.4 Å². The normalized spacial score (nSPS) is 23.0. The Bertz CT molecular complexity index is 589. The zero-order valence-electron chi connectivity index (χ0n) is 12.6. The van der Waals surface area contributed by atoms with E-state index in [1.807, 2.05) is 16.8 Å². The van der Waals surface area contributed by atoms with Gasteiger partial charge in [0.1, 0.15) is 6.10 Å². The SMILES string of the molecule is CC1=C(C(=O)OC2CCCCC2)C(c2ccsc2)NC(=O)N1. The van der Waals surface area contributed by atoms with Crippen molar-refractivity contribution >= 4 is 23.3 Å². The van der Waals surface area contributed by atoms with Crippen molar-refractivity contribution in [2.75, 3.05) is 0 Å². The van der Waals surface area contributed by atoms with E-state index in [0.29, 0.717) is 11.3 Å². The Morgan fingerprint density at radius 1 is 1.32 bits per heavy atom. The summed E-state index contributed by atoms with van der Waals surface area (Å²) in [5.41, 5.74) is 1.99. The molecule has 0 radical (unpaired) electrons. The van der Waals surface area contributed by atoms with Crippen LogP contribution in [0, 0.1) is 0 Å². The second-order valence-electron chi connectivity index (χ2n) is 5.79. The molecule has 1 aromatic rings. The quantitative estimate of drug-likeness (QED) is 0.840. The molecule has 118 valence electrons. The minimum Gasteiger partial charge on any atom is -0.459 e. The highest BCUT2D eigenvalue weighted by atomic mass is 32.1. The summed E-state index contributed by atoms with van der Waals surface area (Å²) >= 11 is 1.54. The molecule has 1 fully saturated rings. The fourth-order valence-electron chi connectivity index (χ4n) is 3.05. The molecule has 0 saturated heterocycles. The van der Waals surface area contributed by atoms with Crippen LogP contribution in [0.1, 0.15) is 50.6 Å². The van der Waals surface area contributed by atoms with Crippen molar-refractivity contribution in [3.05, 3.63) is 33.7 Å². The van der Waals surface area contributed by atoms with Gasteiger partial charge in [0.25, 0.3) is 0 Å². The number of urea groups is 1. The van der Waals surface area contributed by atoms with E-state index in [-0.39, 0.29) is 18.1 Å². The van der Waals surface area contributed by atoms with E-state index in [1.165, 1.54) is 17.8 Å². The van der Waals surface area contributed by atoms with Crippen molar-refractivity contribution in [2.24, 2.45) is 0 Å². The van der Waals surface area contributed by atoms with Crippen LogP contribution in [0.25, 0.3) is 0 Å². The van der Waals surface area contributed by atoms with Crippen LogP contribution in [0.4, 0.5) is 4.79 Å². The van der Waals surface area contributed by atoms with Gasteiger partial charge >= 0.3 is 12.0 Å². The minimum atomic E-state index is -0.434. The lowest BCUT2D eigenvalue weighted by Crippen LogP contribution is -2.45. The highest BCUT2D eigenvalue weighted by molar-refractivity contribution is 7.08. The molecule has 5 nitrogen and oxygen atoms in total. The number of esters is 1. The number of carbonyl (C=O) groups is 2. The summed E-state index contributed by atoms with van der Waals surface area (Å²) in [4.78, 5) is 24.4. The molecule has 2 aliphatic rings. The number of hydrogen-bond acceptors (Lipinski definition) is 4. The van der Waals surface area contributed by atoms with Gasteiger partial charge in [0.05, 0.1) is 11.6 Å². The number of rotatable bonds is 3. The predicted octanol–water partition coefficient (Wildman–Crippen LogP) is 3.25. The van der Waals surface area contributed by atoms with Crippen LogP contribution in [0.2, 0.25) is 0 Å². The molecule has 0 spiro atoms. The number of amides is 2. The molecule has 1 atom stereocenters. The van der Waals surface area contributed by atoms with Crippen molar-refractivity contribution in [1.82, 2.24) is 10.6 Å². The third kappa shape index (κ3) is 3.16. The first kappa shape index (κ1) is 15.1. The van der Waals surface area contributed by atoms with Gasteiger partial charge in [-0.25, -0.2) is 9.59 Å². The fraction of sp³-hybridized carbons (Fsp3) is 0.500. The van der Waals surface area contributed by atoms with Gasteiger partial charge in [0.2, 0.25) is 0 Å². The van der Waals surface area contributed by atoms with E-state index in [0.717, 1.165) is 31.2 Å². The zero-order valence-corrected chi connectivity index (χ0v) is 13.4. The van der Waals surface area contributed by atoms with Crippen LogP contribution < -0.4 is 10.6 Å². The molecule has 0 bridgehead atoms. The molecule has 1 saturated carbocycles. The molecule has 3 rings (SSSR count). The van der Waals surface area contributed by atoms with Crippen LogP contribution in [-0.2, 0) is 9.53 Å². The number of hydrogen-bond donors (Lipinski definition) is 2. The number of allylic oxidation sites excluding steroid dienone is 1. The van der Waals surface area contributed by atoms with Gasteiger partial charge in [-0.2, -0.15) is 11.3 Å². The molecule has 22 heavy (non-hydrogen) atoms. The van der Waals surface area contributed by atoms with Gasteiger partial charge in [-0.05, 0) is 55.0 Å². The summed E-state index contributed by atoms with van der Waals surface area (Å²) in [6.07, 6.45) is 5.30. The Morgan fingerprint density at radius 2 is 2.09 bits per heavy atom. The van der Waals surface area contributed by atoms with Gasteiger partial charge in [0, 0.05) is 5.70 Å². The Hall–Kier alpha value is -1.82. The van der Waals surface area contributed by atoms with E-state index in [1.54, 1.807) is 6.92 Å². The van der Waals surface area contributed by atoms with Crippen LogP contribution in [0.3, 0.4) is 0 Å². The minimum absolute atomic E-state index is 0.00213. The molecule has 2 N–H and O–H groups in total. The molecule has 2 amide bonds. The van der Waals surface area contributed by atoms with Gasteiger partial charge in [-0.15, -0.1) is 0 Å². The Kier molecular flexibility index (Phi) is 4.47. The fourth-order valence-corrected chi connectivity index (χ4v) is 3.74. The Balaban J connectivity index is 1.82. The molecular weight excluding hydrogens is 300 g/mol. The van der Waals surface area contributed by atoms with Gasteiger partial charge in [0.15, 0.2) is 0 Å². The molecule has 1 unspecified atom stereocenters. The maximum Gasteiger partial charge on any atom is 0.338 e. The third-order valence-corrected chi connectivity index (χ3v) is 4.89. The summed E-state index contributed by atoms with van der Waals surface area (Å²) < 4.78 is 5.68.